The number of aromatic nitrogens is 2. The molecule has 0 aromatic carbocycles. The average Bonchev–Trinajstić information content (AvgIpc) is 2.73. The van der Waals surface area contributed by atoms with E-state index in [4.69, 9.17) is 15.5 Å². The number of nitrogens with one attached hydrogen (secondary N) is 2. The van der Waals surface area contributed by atoms with Gasteiger partial charge in [-0.05, 0) is 18.8 Å². The van der Waals surface area contributed by atoms with E-state index < -0.39 is 0 Å². The van der Waals surface area contributed by atoms with Gasteiger partial charge in [0.2, 0.25) is 5.91 Å². The first-order valence-corrected chi connectivity index (χ1v) is 11.5. The highest BCUT2D eigenvalue weighted by Crippen LogP contribution is 2.25. The summed E-state index contributed by atoms with van der Waals surface area (Å²) in [6, 6.07) is -0.125. The van der Waals surface area contributed by atoms with Gasteiger partial charge in [-0.1, -0.05) is 42.0 Å². The zero-order valence-corrected chi connectivity index (χ0v) is 20.4. The number of carbonyl (C=O) groups excluding carboxylic acids is 2. The predicted molar refractivity (Wildman–Crippen MR) is 132 cm³/mol. The maximum absolute atomic E-state index is 13.8. The maximum Gasteiger partial charge on any atom is 0.259 e. The highest BCUT2D eigenvalue weighted by atomic mass is 16.5. The van der Waals surface area contributed by atoms with E-state index in [1.165, 1.54) is 0 Å². The fraction of sp³-hybridized carbons (Fsp3) is 0.750. The molecule has 0 spiro atoms. The van der Waals surface area contributed by atoms with Crippen molar-refractivity contribution in [1.29, 1.82) is 0 Å². The second-order valence-corrected chi connectivity index (χ2v) is 9.98. The summed E-state index contributed by atoms with van der Waals surface area (Å²) >= 11 is 0. The summed E-state index contributed by atoms with van der Waals surface area (Å²) in [5.41, 5.74) is 5.75. The van der Waals surface area contributed by atoms with Gasteiger partial charge < -0.3 is 26.0 Å². The molecule has 0 aliphatic carbocycles. The molecule has 0 unspecified atom stereocenters. The molecule has 9 nitrogen and oxygen atoms in total. The van der Waals surface area contributed by atoms with Gasteiger partial charge in [-0.2, -0.15) is 0 Å². The second-order valence-electron chi connectivity index (χ2n) is 9.98. The number of methoxy groups -OCH3 is 1. The van der Waals surface area contributed by atoms with Crippen molar-refractivity contribution in [3.05, 3.63) is 17.6 Å². The molecule has 1 aliphatic heterocycles. The van der Waals surface area contributed by atoms with Crippen LogP contribution in [0.25, 0.3) is 0 Å². The standard InChI is InChI=1S/C23H40N6O3.CH4/c1-15(2)14-29(17-10-16(19(24)30)11-25-12-17)21(31)18-13-27-22(23(3,4)5)28-20(18)26-8-7-9-32-6;/h13,15-17,25H,7-12,14H2,1-6H3,(H2,24,30)(H,26,27,28);1H4/t16-,17+;/m1./s1. The summed E-state index contributed by atoms with van der Waals surface area (Å²) < 4.78 is 5.13. The first-order chi connectivity index (χ1) is 15.0. The molecular weight excluding hydrogens is 420 g/mol. The van der Waals surface area contributed by atoms with Gasteiger partial charge in [0.05, 0.1) is 5.92 Å². The van der Waals surface area contributed by atoms with Crippen molar-refractivity contribution in [2.45, 2.75) is 66.3 Å². The molecule has 1 aromatic heterocycles. The van der Waals surface area contributed by atoms with Crippen LogP contribution in [0.3, 0.4) is 0 Å². The number of nitrogens with two attached hydrogens (primary N) is 1. The van der Waals surface area contributed by atoms with E-state index in [-0.39, 0.29) is 42.5 Å². The molecular formula is C24H44N6O3. The molecule has 0 radical (unpaired) electrons. The minimum absolute atomic E-state index is 0. The molecule has 1 aliphatic rings. The van der Waals surface area contributed by atoms with Gasteiger partial charge in [-0.15, -0.1) is 0 Å². The number of nitrogens with zero attached hydrogens (tertiary/aromatic N) is 3. The highest BCUT2D eigenvalue weighted by molar-refractivity contribution is 5.98. The Morgan fingerprint density at radius 3 is 2.61 bits per heavy atom. The molecule has 1 saturated heterocycles. The molecule has 0 bridgehead atoms. The van der Waals surface area contributed by atoms with Crippen LogP contribution in [-0.4, -0.2) is 72.6 Å². The quantitative estimate of drug-likeness (QED) is 0.455. The van der Waals surface area contributed by atoms with Crippen LogP contribution in [0.15, 0.2) is 6.20 Å². The Balaban J connectivity index is 0.00000544. The van der Waals surface area contributed by atoms with E-state index in [1.807, 2.05) is 25.7 Å². The summed E-state index contributed by atoms with van der Waals surface area (Å²) in [5.74, 6) is 0.716. The molecule has 33 heavy (non-hydrogen) atoms. The Hall–Kier alpha value is -2.26. The first-order valence-electron chi connectivity index (χ1n) is 11.5. The first kappa shape index (κ1) is 28.8. The summed E-state index contributed by atoms with van der Waals surface area (Å²) in [6.45, 7) is 13.3. The number of amides is 2. The number of ether oxygens (including phenoxy) is 1. The zero-order valence-electron chi connectivity index (χ0n) is 20.4. The third-order valence-corrected chi connectivity index (χ3v) is 5.50. The molecule has 2 heterocycles. The van der Waals surface area contributed by atoms with Gasteiger partial charge in [0.15, 0.2) is 0 Å². The number of piperidine rings is 1. The molecule has 2 amide bonds. The van der Waals surface area contributed by atoms with Gasteiger partial charge in [0.25, 0.3) is 5.91 Å². The van der Waals surface area contributed by atoms with Crippen molar-refractivity contribution in [2.24, 2.45) is 17.6 Å². The fourth-order valence-electron chi connectivity index (χ4n) is 3.78. The van der Waals surface area contributed by atoms with E-state index in [2.05, 4.69) is 29.5 Å². The van der Waals surface area contributed by atoms with Crippen LogP contribution in [0, 0.1) is 11.8 Å². The monoisotopic (exact) mass is 464 g/mol. The van der Waals surface area contributed by atoms with Crippen LogP contribution in [0.5, 0.6) is 0 Å². The van der Waals surface area contributed by atoms with Crippen molar-refractivity contribution in [2.75, 3.05) is 45.2 Å². The van der Waals surface area contributed by atoms with E-state index in [0.29, 0.717) is 56.4 Å². The molecule has 0 saturated carbocycles. The molecule has 1 aromatic rings. The van der Waals surface area contributed by atoms with Crippen molar-refractivity contribution < 1.29 is 14.3 Å². The van der Waals surface area contributed by atoms with Crippen LogP contribution in [0.2, 0.25) is 0 Å². The second kappa shape index (κ2) is 12.8. The summed E-state index contributed by atoms with van der Waals surface area (Å²) in [4.78, 5) is 36.6. The number of hydrogen-bond donors (Lipinski definition) is 3. The minimum atomic E-state index is -0.336. The van der Waals surface area contributed by atoms with Crippen molar-refractivity contribution >= 4 is 17.6 Å². The number of primary amides is 1. The van der Waals surface area contributed by atoms with Crippen LogP contribution >= 0.6 is 0 Å². The molecule has 2 rings (SSSR count). The minimum Gasteiger partial charge on any atom is -0.385 e. The third-order valence-electron chi connectivity index (χ3n) is 5.50. The molecule has 1 fully saturated rings. The normalized spacial score (nSPS) is 18.5. The lowest BCUT2D eigenvalue weighted by Gasteiger charge is -2.38. The van der Waals surface area contributed by atoms with Gasteiger partial charge in [0, 0.05) is 57.5 Å². The Bertz CT molecular complexity index is 778. The Morgan fingerprint density at radius 1 is 1.33 bits per heavy atom. The van der Waals surface area contributed by atoms with Crippen LogP contribution in [0.1, 0.15) is 71.1 Å². The lowest BCUT2D eigenvalue weighted by molar-refractivity contribution is -0.122. The summed E-state index contributed by atoms with van der Waals surface area (Å²) in [5, 5.41) is 6.57. The van der Waals surface area contributed by atoms with E-state index in [1.54, 1.807) is 13.3 Å². The fourth-order valence-corrected chi connectivity index (χ4v) is 3.78. The van der Waals surface area contributed by atoms with Crippen molar-refractivity contribution in [3.63, 3.8) is 0 Å². The predicted octanol–water partition coefficient (Wildman–Crippen LogP) is 2.42. The number of anilines is 1. The number of carbonyl (C=O) groups is 2. The van der Waals surface area contributed by atoms with Crippen molar-refractivity contribution in [3.8, 4) is 0 Å². The van der Waals surface area contributed by atoms with E-state index >= 15 is 0 Å². The Morgan fingerprint density at radius 2 is 2.03 bits per heavy atom. The smallest absolute Gasteiger partial charge is 0.259 e. The van der Waals surface area contributed by atoms with Gasteiger partial charge in [0.1, 0.15) is 17.2 Å². The van der Waals surface area contributed by atoms with Crippen LogP contribution < -0.4 is 16.4 Å². The van der Waals surface area contributed by atoms with E-state index in [9.17, 15) is 9.59 Å². The van der Waals surface area contributed by atoms with Crippen LogP contribution in [-0.2, 0) is 14.9 Å². The summed E-state index contributed by atoms with van der Waals surface area (Å²) in [7, 11) is 1.67. The number of rotatable bonds is 10. The Labute approximate surface area is 199 Å². The lowest BCUT2D eigenvalue weighted by Crippen LogP contribution is -2.54. The average molecular weight is 465 g/mol. The molecule has 2 atom stereocenters. The van der Waals surface area contributed by atoms with E-state index in [0.717, 1.165) is 6.42 Å². The van der Waals surface area contributed by atoms with Gasteiger partial charge >= 0.3 is 0 Å². The number of hydrogen-bond acceptors (Lipinski definition) is 7. The van der Waals surface area contributed by atoms with Crippen molar-refractivity contribution in [1.82, 2.24) is 20.2 Å². The topological polar surface area (TPSA) is 122 Å². The van der Waals surface area contributed by atoms with Gasteiger partial charge in [-0.25, -0.2) is 9.97 Å². The van der Waals surface area contributed by atoms with Crippen LogP contribution in [0.4, 0.5) is 5.82 Å². The summed E-state index contributed by atoms with van der Waals surface area (Å²) in [6.07, 6.45) is 2.98. The zero-order chi connectivity index (χ0) is 23.9. The Kier molecular flexibility index (Phi) is 11.2. The molecule has 9 heteroatoms. The maximum atomic E-state index is 13.8. The molecule has 188 valence electrons. The van der Waals surface area contributed by atoms with Gasteiger partial charge in [-0.3, -0.25) is 9.59 Å². The molecule has 4 N–H and O–H groups in total. The lowest BCUT2D eigenvalue weighted by atomic mass is 9.93. The third kappa shape index (κ3) is 8.23. The highest BCUT2D eigenvalue weighted by Gasteiger charge is 2.34. The largest absolute Gasteiger partial charge is 0.385 e. The SMILES string of the molecule is C.COCCCNc1nc(C(C)(C)C)ncc1C(=O)N(CC(C)C)[C@@H]1CNC[C@H](C(N)=O)C1.